The van der Waals surface area contributed by atoms with Gasteiger partial charge in [-0.15, -0.1) is 0 Å². The summed E-state index contributed by atoms with van der Waals surface area (Å²) in [5, 5.41) is 36.9. The van der Waals surface area contributed by atoms with Gasteiger partial charge < -0.3 is 40.7 Å². The monoisotopic (exact) mass is 493 g/mol. The number of phenolic OH excluding ortho intramolecular Hbond substituents is 2. The Balaban J connectivity index is 1.51. The van der Waals surface area contributed by atoms with Gasteiger partial charge in [0.25, 0.3) is 0 Å². The fourth-order valence-corrected chi connectivity index (χ4v) is 4.52. The molecule has 178 valence electrons. The van der Waals surface area contributed by atoms with Gasteiger partial charge in [-0.25, -0.2) is 9.59 Å². The number of phenols is 2. The molecule has 0 fully saturated rings. The number of carbonyl (C=O) groups excluding carboxylic acids is 1. The van der Waals surface area contributed by atoms with Crippen LogP contribution in [-0.2, 0) is 10.3 Å². The molecule has 0 aliphatic carbocycles. The molecule has 10 nitrogen and oxygen atoms in total. The van der Waals surface area contributed by atoms with Crippen molar-refractivity contribution in [1.82, 2.24) is 10.6 Å². The van der Waals surface area contributed by atoms with Crippen molar-refractivity contribution in [2.24, 2.45) is 0 Å². The number of rotatable bonds is 4. The zero-order valence-corrected chi connectivity index (χ0v) is 18.8. The summed E-state index contributed by atoms with van der Waals surface area (Å²) in [4.78, 5) is 23.6. The SMILES string of the molecule is O=C(O)NCCNC(=S)Nc1ccc2c(c1)C(=O)OC21c2ccc(O)cc2Oc2cc(O)ccc21. The van der Waals surface area contributed by atoms with Crippen LogP contribution in [0.25, 0.3) is 0 Å². The van der Waals surface area contributed by atoms with E-state index in [1.165, 1.54) is 24.3 Å². The van der Waals surface area contributed by atoms with Gasteiger partial charge in [-0.2, -0.15) is 0 Å². The summed E-state index contributed by atoms with van der Waals surface area (Å²) in [6, 6.07) is 14.2. The summed E-state index contributed by atoms with van der Waals surface area (Å²) in [6.45, 7) is 0.448. The molecule has 2 aliphatic rings. The van der Waals surface area contributed by atoms with Crippen LogP contribution < -0.4 is 20.7 Å². The third kappa shape index (κ3) is 3.81. The standard InChI is InChI=1S/C24H19N3O7S/c28-13-2-5-17-19(10-13)33-20-11-14(29)3-6-18(20)24(17)16-4-1-12(9-15(16)21(30)34-24)27-22(35)25-7-8-26-23(31)32/h1-6,9-11,26,28-29H,7-8H2,(H,31,32)(H2,25,27,35). The van der Waals surface area contributed by atoms with E-state index in [2.05, 4.69) is 16.0 Å². The van der Waals surface area contributed by atoms with Crippen LogP contribution >= 0.6 is 12.2 Å². The Hall–Kier alpha value is -4.51. The largest absolute Gasteiger partial charge is 0.508 e. The van der Waals surface area contributed by atoms with E-state index in [4.69, 9.17) is 26.8 Å². The second kappa shape index (κ2) is 8.37. The van der Waals surface area contributed by atoms with E-state index >= 15 is 0 Å². The summed E-state index contributed by atoms with van der Waals surface area (Å²) < 4.78 is 12.0. The number of nitrogens with one attached hydrogen (secondary N) is 3. The maximum Gasteiger partial charge on any atom is 0.404 e. The van der Waals surface area contributed by atoms with Gasteiger partial charge in [0.2, 0.25) is 0 Å². The molecule has 11 heteroatoms. The molecule has 1 spiro atoms. The lowest BCUT2D eigenvalue weighted by molar-refractivity contribution is 0.0224. The van der Waals surface area contributed by atoms with Gasteiger partial charge in [-0.3, -0.25) is 0 Å². The molecule has 3 aromatic carbocycles. The van der Waals surface area contributed by atoms with Crippen molar-refractivity contribution in [3.8, 4) is 23.0 Å². The number of carbonyl (C=O) groups is 2. The number of esters is 1. The molecule has 0 radical (unpaired) electrons. The van der Waals surface area contributed by atoms with Crippen LogP contribution in [0.15, 0.2) is 54.6 Å². The maximum atomic E-state index is 13.1. The first-order chi connectivity index (χ1) is 16.8. The summed E-state index contributed by atoms with van der Waals surface area (Å²) in [7, 11) is 0. The van der Waals surface area contributed by atoms with Crippen LogP contribution in [-0.4, -0.2) is 45.6 Å². The van der Waals surface area contributed by atoms with E-state index in [1.807, 2.05) is 0 Å². The van der Waals surface area contributed by atoms with E-state index in [9.17, 15) is 19.8 Å². The van der Waals surface area contributed by atoms with Crippen molar-refractivity contribution in [3.63, 3.8) is 0 Å². The van der Waals surface area contributed by atoms with Gasteiger partial charge in [0, 0.05) is 47.6 Å². The molecular weight excluding hydrogens is 474 g/mol. The third-order valence-electron chi connectivity index (χ3n) is 5.72. The molecule has 0 saturated carbocycles. The summed E-state index contributed by atoms with van der Waals surface area (Å²) in [6.07, 6.45) is -1.13. The molecule has 35 heavy (non-hydrogen) atoms. The fourth-order valence-electron chi connectivity index (χ4n) is 4.30. The molecule has 0 saturated heterocycles. The predicted molar refractivity (Wildman–Crippen MR) is 128 cm³/mol. The molecule has 2 aliphatic heterocycles. The number of amides is 1. The third-order valence-corrected chi connectivity index (χ3v) is 5.96. The molecule has 0 atom stereocenters. The van der Waals surface area contributed by atoms with Crippen LogP contribution in [0, 0.1) is 0 Å². The first-order valence-corrected chi connectivity index (χ1v) is 10.9. The molecule has 2 heterocycles. The van der Waals surface area contributed by atoms with Crippen LogP contribution in [0.2, 0.25) is 0 Å². The van der Waals surface area contributed by atoms with E-state index in [0.717, 1.165) is 0 Å². The smallest absolute Gasteiger partial charge is 0.404 e. The van der Waals surface area contributed by atoms with Crippen LogP contribution in [0.5, 0.6) is 23.0 Å². The molecule has 5 rings (SSSR count). The normalized spacial score (nSPS) is 14.1. The van der Waals surface area contributed by atoms with Crippen molar-refractivity contribution in [2.75, 3.05) is 18.4 Å². The van der Waals surface area contributed by atoms with Crippen molar-refractivity contribution in [2.45, 2.75) is 5.60 Å². The van der Waals surface area contributed by atoms with E-state index in [1.54, 1.807) is 30.3 Å². The molecule has 0 aromatic heterocycles. The van der Waals surface area contributed by atoms with Crippen molar-refractivity contribution in [1.29, 1.82) is 0 Å². The minimum absolute atomic E-state index is 0.0221. The number of anilines is 1. The first-order valence-electron chi connectivity index (χ1n) is 10.5. The first kappa shape index (κ1) is 22.3. The number of thiocarbonyl (C=S) groups is 1. The second-order valence-electron chi connectivity index (χ2n) is 7.91. The Morgan fingerprint density at radius 1 is 0.886 bits per heavy atom. The van der Waals surface area contributed by atoms with E-state index < -0.39 is 17.7 Å². The average molecular weight is 493 g/mol. The number of ether oxygens (including phenoxy) is 2. The van der Waals surface area contributed by atoms with Gasteiger partial charge in [-0.1, -0.05) is 6.07 Å². The maximum absolute atomic E-state index is 13.1. The number of fused-ring (bicyclic) bond motifs is 6. The average Bonchev–Trinajstić information content (AvgIpc) is 3.08. The number of benzene rings is 3. The minimum atomic E-state index is -1.34. The van der Waals surface area contributed by atoms with Gasteiger partial charge >= 0.3 is 12.1 Å². The zero-order chi connectivity index (χ0) is 24.7. The second-order valence-corrected chi connectivity index (χ2v) is 8.32. The van der Waals surface area contributed by atoms with Crippen LogP contribution in [0.4, 0.5) is 10.5 Å². The van der Waals surface area contributed by atoms with E-state index in [-0.39, 0.29) is 29.7 Å². The predicted octanol–water partition coefficient (Wildman–Crippen LogP) is 3.22. The van der Waals surface area contributed by atoms with Gasteiger partial charge in [0.05, 0.1) is 5.56 Å². The lowest BCUT2D eigenvalue weighted by atomic mass is 9.77. The molecule has 0 unspecified atom stereocenters. The Bertz CT molecular complexity index is 1340. The Labute approximate surface area is 204 Å². The topological polar surface area (TPSA) is 149 Å². The van der Waals surface area contributed by atoms with Crippen molar-refractivity contribution in [3.05, 3.63) is 76.9 Å². The van der Waals surface area contributed by atoms with Crippen LogP contribution in [0.3, 0.4) is 0 Å². The quantitative estimate of drug-likeness (QED) is 0.182. The summed E-state index contributed by atoms with van der Waals surface area (Å²) in [5.74, 6) is -0.0111. The minimum Gasteiger partial charge on any atom is -0.508 e. The Morgan fingerprint density at radius 2 is 1.49 bits per heavy atom. The molecule has 0 bridgehead atoms. The van der Waals surface area contributed by atoms with Crippen molar-refractivity contribution < 1.29 is 34.4 Å². The van der Waals surface area contributed by atoms with Gasteiger partial charge in [0.15, 0.2) is 10.7 Å². The Morgan fingerprint density at radius 3 is 2.11 bits per heavy atom. The fraction of sp³-hybridized carbons (Fsp3) is 0.125. The Kier molecular flexibility index (Phi) is 5.33. The number of hydrogen-bond donors (Lipinski definition) is 6. The zero-order valence-electron chi connectivity index (χ0n) is 18.0. The van der Waals surface area contributed by atoms with Gasteiger partial charge in [0.1, 0.15) is 23.0 Å². The molecule has 3 aromatic rings. The number of carboxylic acid groups (broad SMARTS) is 1. The highest BCUT2D eigenvalue weighted by Crippen LogP contribution is 2.57. The molecule has 1 amide bonds. The molecule has 6 N–H and O–H groups in total. The van der Waals surface area contributed by atoms with E-state index in [0.29, 0.717) is 39.4 Å². The van der Waals surface area contributed by atoms with Gasteiger partial charge in [-0.05, 0) is 48.6 Å². The highest BCUT2D eigenvalue weighted by atomic mass is 32.1. The summed E-state index contributed by atoms with van der Waals surface area (Å²) in [5.41, 5.74) is 1.14. The lowest BCUT2D eigenvalue weighted by Crippen LogP contribution is -2.36. The highest BCUT2D eigenvalue weighted by molar-refractivity contribution is 7.80. The number of hydrogen-bond acceptors (Lipinski definition) is 7. The summed E-state index contributed by atoms with van der Waals surface area (Å²) >= 11 is 5.24. The highest BCUT2D eigenvalue weighted by Gasteiger charge is 2.53. The molecular formula is C24H19N3O7S. The number of aromatic hydroxyl groups is 2. The van der Waals surface area contributed by atoms with Crippen molar-refractivity contribution >= 4 is 35.1 Å². The van der Waals surface area contributed by atoms with Crippen LogP contribution in [0.1, 0.15) is 27.0 Å². The lowest BCUT2D eigenvalue weighted by Gasteiger charge is -2.36.